The monoisotopic (exact) mass is 788 g/mol. The largest absolute Gasteiger partial charge is 0.310 e. The molecule has 1 heterocycles. The van der Waals surface area contributed by atoms with Crippen LogP contribution < -0.4 is 4.90 Å². The van der Waals surface area contributed by atoms with E-state index in [1.54, 1.807) is 0 Å². The number of benzene rings is 10. The standard InChI is InChI=1S/C60H40N2/c1-59(2)47-24-11-8-20-42(47)45-33-32-41(35-52(45)59)62-53-29-15-28-51-57(53)58-55(62)36-54(61(39-18-4-3-5-19-39)40-31-30-37-16-6-7-17-38(37)34-40)46-23-14-27-50(56(46)58)60(51)48-25-12-9-21-43(48)44-22-10-13-26-49(44)60/h3-36H,1-2H3. The number of hydrogen-bond acceptors (Lipinski definition) is 1. The molecule has 290 valence electrons. The van der Waals surface area contributed by atoms with E-state index in [9.17, 15) is 0 Å². The third kappa shape index (κ3) is 4.15. The predicted molar refractivity (Wildman–Crippen MR) is 259 cm³/mol. The molecule has 10 aromatic carbocycles. The Hall–Kier alpha value is -7.68. The molecule has 14 rings (SSSR count). The summed E-state index contributed by atoms with van der Waals surface area (Å²) in [5, 5.41) is 7.68. The van der Waals surface area contributed by atoms with Gasteiger partial charge in [0, 0.05) is 38.6 Å². The van der Waals surface area contributed by atoms with Gasteiger partial charge in [0.15, 0.2) is 0 Å². The number of nitrogens with zero attached hydrogens (tertiary/aromatic N) is 2. The minimum Gasteiger partial charge on any atom is -0.310 e. The van der Waals surface area contributed by atoms with Crippen molar-refractivity contribution in [2.24, 2.45) is 0 Å². The lowest BCUT2D eigenvalue weighted by Gasteiger charge is -2.38. The molecule has 1 spiro atoms. The summed E-state index contributed by atoms with van der Waals surface area (Å²) in [5.41, 5.74) is 19.9. The molecule has 0 unspecified atom stereocenters. The van der Waals surface area contributed by atoms with E-state index in [4.69, 9.17) is 0 Å². The van der Waals surface area contributed by atoms with Gasteiger partial charge in [-0.05, 0) is 120 Å². The molecular weight excluding hydrogens is 749 g/mol. The van der Waals surface area contributed by atoms with E-state index in [0.717, 1.165) is 17.1 Å². The van der Waals surface area contributed by atoms with Crippen molar-refractivity contribution in [3.63, 3.8) is 0 Å². The van der Waals surface area contributed by atoms with Gasteiger partial charge in [-0.2, -0.15) is 0 Å². The van der Waals surface area contributed by atoms with Crippen molar-refractivity contribution in [2.45, 2.75) is 24.7 Å². The Bertz CT molecular complexity index is 3690. The van der Waals surface area contributed by atoms with E-state index in [-0.39, 0.29) is 5.41 Å². The summed E-state index contributed by atoms with van der Waals surface area (Å²) in [6, 6.07) is 77.8. The molecule has 0 radical (unpaired) electrons. The van der Waals surface area contributed by atoms with Crippen LogP contribution in [0.4, 0.5) is 17.1 Å². The minimum absolute atomic E-state index is 0.133. The van der Waals surface area contributed by atoms with Crippen LogP contribution in [0.15, 0.2) is 206 Å². The average Bonchev–Trinajstić information content (AvgIpc) is 3.90. The fourth-order valence-electron chi connectivity index (χ4n) is 12.2. The number of fused-ring (bicyclic) bond motifs is 11. The molecule has 0 saturated carbocycles. The van der Waals surface area contributed by atoms with E-state index in [1.807, 2.05) is 0 Å². The summed E-state index contributed by atoms with van der Waals surface area (Å²) >= 11 is 0. The molecule has 3 aliphatic carbocycles. The van der Waals surface area contributed by atoms with Crippen molar-refractivity contribution in [1.82, 2.24) is 4.57 Å². The first kappa shape index (κ1) is 34.1. The fourth-order valence-corrected chi connectivity index (χ4v) is 12.2. The van der Waals surface area contributed by atoms with Crippen LogP contribution in [0.25, 0.3) is 71.3 Å². The fraction of sp³-hybridized carbons (Fsp3) is 0.0667. The van der Waals surface area contributed by atoms with Crippen molar-refractivity contribution in [2.75, 3.05) is 4.90 Å². The van der Waals surface area contributed by atoms with Gasteiger partial charge in [-0.3, -0.25) is 0 Å². The van der Waals surface area contributed by atoms with E-state index in [1.165, 1.54) is 105 Å². The average molecular weight is 789 g/mol. The smallest absolute Gasteiger partial charge is 0.0726 e. The molecule has 0 atom stereocenters. The summed E-state index contributed by atoms with van der Waals surface area (Å²) in [6.45, 7) is 4.77. The zero-order chi connectivity index (χ0) is 40.9. The van der Waals surface area contributed by atoms with Crippen molar-refractivity contribution in [1.29, 1.82) is 0 Å². The second kappa shape index (κ2) is 12.0. The molecule has 3 aliphatic rings. The van der Waals surface area contributed by atoms with Gasteiger partial charge in [0.2, 0.25) is 0 Å². The van der Waals surface area contributed by atoms with Crippen molar-refractivity contribution < 1.29 is 0 Å². The van der Waals surface area contributed by atoms with Crippen LogP contribution in [0, 0.1) is 0 Å². The summed E-state index contributed by atoms with van der Waals surface area (Å²) in [6.07, 6.45) is 0. The molecule has 2 nitrogen and oxygen atoms in total. The van der Waals surface area contributed by atoms with Crippen LogP contribution in [0.5, 0.6) is 0 Å². The SMILES string of the molecule is CC1(C)c2ccccc2-c2ccc(-n3c4cccc5c4c4c6c(cccc6c(N(c6ccccc6)c6ccc7ccccc7c6)cc43)C53c4ccccc4-c4ccccc43)cc21. The number of rotatable bonds is 4. The van der Waals surface area contributed by atoms with Crippen molar-refractivity contribution in [3.8, 4) is 27.9 Å². The number of aromatic nitrogens is 1. The number of anilines is 3. The summed E-state index contributed by atoms with van der Waals surface area (Å²) < 4.78 is 2.59. The molecule has 0 N–H and O–H groups in total. The zero-order valence-corrected chi connectivity index (χ0v) is 34.5. The second-order valence-corrected chi connectivity index (χ2v) is 18.0. The molecule has 11 aromatic rings. The Morgan fingerprint density at radius 3 is 1.73 bits per heavy atom. The van der Waals surface area contributed by atoms with Gasteiger partial charge in [-0.1, -0.05) is 172 Å². The third-order valence-corrected chi connectivity index (χ3v) is 14.7. The summed E-state index contributed by atoms with van der Waals surface area (Å²) in [5.74, 6) is 0. The molecule has 0 amide bonds. The molecule has 0 aliphatic heterocycles. The Labute approximate surface area is 360 Å². The minimum atomic E-state index is -0.515. The normalized spacial score (nSPS) is 14.5. The number of hydrogen-bond donors (Lipinski definition) is 0. The lowest BCUT2D eigenvalue weighted by atomic mass is 9.63. The van der Waals surface area contributed by atoms with Gasteiger partial charge >= 0.3 is 0 Å². The van der Waals surface area contributed by atoms with Gasteiger partial charge in [0.25, 0.3) is 0 Å². The van der Waals surface area contributed by atoms with E-state index in [0.29, 0.717) is 0 Å². The highest BCUT2D eigenvalue weighted by molar-refractivity contribution is 6.29. The van der Waals surface area contributed by atoms with E-state index >= 15 is 0 Å². The third-order valence-electron chi connectivity index (χ3n) is 14.7. The van der Waals surface area contributed by atoms with E-state index < -0.39 is 5.41 Å². The quantitative estimate of drug-likeness (QED) is 0.172. The second-order valence-electron chi connectivity index (χ2n) is 18.0. The topological polar surface area (TPSA) is 8.17 Å². The first-order chi connectivity index (χ1) is 30.5. The highest BCUT2D eigenvalue weighted by atomic mass is 15.1. The lowest BCUT2D eigenvalue weighted by Crippen LogP contribution is -2.30. The highest BCUT2D eigenvalue weighted by Crippen LogP contribution is 2.63. The van der Waals surface area contributed by atoms with Crippen LogP contribution >= 0.6 is 0 Å². The highest BCUT2D eigenvalue weighted by Gasteiger charge is 2.50. The lowest BCUT2D eigenvalue weighted by molar-refractivity contribution is 0.660. The summed E-state index contributed by atoms with van der Waals surface area (Å²) in [4.78, 5) is 2.49. The predicted octanol–water partition coefficient (Wildman–Crippen LogP) is 15.5. The van der Waals surface area contributed by atoms with Gasteiger partial charge in [-0.15, -0.1) is 0 Å². The van der Waals surface area contributed by atoms with Crippen LogP contribution in [0.1, 0.15) is 47.2 Å². The van der Waals surface area contributed by atoms with Gasteiger partial charge < -0.3 is 9.47 Å². The molecule has 0 fully saturated rings. The molecule has 2 heteroatoms. The van der Waals surface area contributed by atoms with Gasteiger partial charge in [-0.25, -0.2) is 0 Å². The first-order valence-electron chi connectivity index (χ1n) is 21.9. The Balaban J connectivity index is 1.17. The van der Waals surface area contributed by atoms with Gasteiger partial charge in [0.05, 0.1) is 22.1 Å². The Morgan fingerprint density at radius 2 is 0.968 bits per heavy atom. The van der Waals surface area contributed by atoms with Crippen molar-refractivity contribution in [3.05, 3.63) is 240 Å². The maximum absolute atomic E-state index is 2.59. The van der Waals surface area contributed by atoms with Crippen LogP contribution in [-0.2, 0) is 10.8 Å². The van der Waals surface area contributed by atoms with E-state index in [2.05, 4.69) is 230 Å². The summed E-state index contributed by atoms with van der Waals surface area (Å²) in [7, 11) is 0. The first-order valence-corrected chi connectivity index (χ1v) is 21.9. The molecule has 0 saturated heterocycles. The number of para-hydroxylation sites is 1. The maximum Gasteiger partial charge on any atom is 0.0726 e. The zero-order valence-electron chi connectivity index (χ0n) is 34.5. The molecular formula is C60H40N2. The van der Waals surface area contributed by atoms with Crippen LogP contribution in [-0.4, -0.2) is 4.57 Å². The molecule has 0 bridgehead atoms. The van der Waals surface area contributed by atoms with Crippen molar-refractivity contribution >= 4 is 60.4 Å². The van der Waals surface area contributed by atoms with Crippen LogP contribution in [0.3, 0.4) is 0 Å². The van der Waals surface area contributed by atoms with Crippen LogP contribution in [0.2, 0.25) is 0 Å². The molecule has 1 aromatic heterocycles. The Kier molecular flexibility index (Phi) is 6.59. The maximum atomic E-state index is 2.59. The molecule has 62 heavy (non-hydrogen) atoms. The van der Waals surface area contributed by atoms with Gasteiger partial charge in [0.1, 0.15) is 0 Å². The Morgan fingerprint density at radius 1 is 0.371 bits per heavy atom.